The second-order valence-corrected chi connectivity index (χ2v) is 10.5. The molecule has 0 N–H and O–H groups in total. The van der Waals surface area contributed by atoms with Crippen molar-refractivity contribution >= 4 is 40.7 Å². The number of halogens is 1. The fourth-order valence-corrected chi connectivity index (χ4v) is 6.01. The van der Waals surface area contributed by atoms with Crippen LogP contribution in [0, 0.1) is 10.1 Å². The molecule has 1 atom stereocenters. The average molecular weight is 594 g/mol. The molecule has 2 aliphatic heterocycles. The summed E-state index contributed by atoms with van der Waals surface area (Å²) >= 11 is 7.41. The SMILES string of the molecule is CCOC(=O)C1=C(C)N=c2s/c(=C\c3ccc(-c4ccc([N+](=O)[O-])cc4Cl)o3)c(=O)n2[C@H]1c1ccc2c(c1)OCO2. The van der Waals surface area contributed by atoms with Crippen molar-refractivity contribution in [2.24, 2.45) is 4.99 Å². The number of nitro benzene ring substituents is 1. The third-order valence-corrected chi connectivity index (χ3v) is 7.85. The zero-order valence-corrected chi connectivity index (χ0v) is 23.2. The lowest BCUT2D eigenvalue weighted by molar-refractivity contribution is -0.384. The van der Waals surface area contributed by atoms with Gasteiger partial charge in [0.05, 0.1) is 38.4 Å². The van der Waals surface area contributed by atoms with Crippen LogP contribution in [0.25, 0.3) is 17.4 Å². The van der Waals surface area contributed by atoms with Crippen LogP contribution in [-0.2, 0) is 9.53 Å². The number of rotatable bonds is 6. The monoisotopic (exact) mass is 593 g/mol. The predicted molar refractivity (Wildman–Crippen MR) is 149 cm³/mol. The molecule has 2 aromatic heterocycles. The molecule has 11 nitrogen and oxygen atoms in total. The minimum Gasteiger partial charge on any atom is -0.463 e. The van der Waals surface area contributed by atoms with Gasteiger partial charge in [0.15, 0.2) is 16.3 Å². The molecule has 13 heteroatoms. The molecule has 0 amide bonds. The largest absolute Gasteiger partial charge is 0.463 e. The molecule has 4 aromatic rings. The molecule has 0 saturated carbocycles. The van der Waals surface area contributed by atoms with Gasteiger partial charge < -0.3 is 18.6 Å². The summed E-state index contributed by atoms with van der Waals surface area (Å²) in [5.74, 6) is 1.25. The van der Waals surface area contributed by atoms with E-state index in [1.54, 1.807) is 50.3 Å². The van der Waals surface area contributed by atoms with Crippen molar-refractivity contribution in [3.05, 3.63) is 106 Å². The van der Waals surface area contributed by atoms with Crippen LogP contribution >= 0.6 is 22.9 Å². The number of hydrogen-bond donors (Lipinski definition) is 0. The van der Waals surface area contributed by atoms with Gasteiger partial charge in [0.25, 0.3) is 11.2 Å². The zero-order chi connectivity index (χ0) is 28.8. The number of esters is 1. The van der Waals surface area contributed by atoms with E-state index in [1.807, 2.05) is 0 Å². The summed E-state index contributed by atoms with van der Waals surface area (Å²) in [4.78, 5) is 42.4. The van der Waals surface area contributed by atoms with Crippen molar-refractivity contribution in [3.63, 3.8) is 0 Å². The van der Waals surface area contributed by atoms with E-state index in [9.17, 15) is 19.7 Å². The highest BCUT2D eigenvalue weighted by Gasteiger charge is 2.34. The highest BCUT2D eigenvalue weighted by Crippen LogP contribution is 2.38. The normalized spacial score (nSPS) is 16.0. The molecule has 0 aliphatic carbocycles. The van der Waals surface area contributed by atoms with E-state index in [1.165, 1.54) is 22.8 Å². The summed E-state index contributed by atoms with van der Waals surface area (Å²) in [6, 6.07) is 11.9. The van der Waals surface area contributed by atoms with Crippen LogP contribution < -0.4 is 24.4 Å². The van der Waals surface area contributed by atoms with Gasteiger partial charge in [-0.15, -0.1) is 0 Å². The van der Waals surface area contributed by atoms with Crippen molar-refractivity contribution in [3.8, 4) is 22.8 Å². The number of non-ortho nitro benzene ring substituents is 1. The number of allylic oxidation sites excluding steroid dienone is 1. The Kier molecular flexibility index (Phi) is 6.72. The van der Waals surface area contributed by atoms with Crippen molar-refractivity contribution in [2.45, 2.75) is 19.9 Å². The number of thiazole rings is 1. The number of benzene rings is 2. The van der Waals surface area contributed by atoms with E-state index in [4.69, 9.17) is 30.2 Å². The highest BCUT2D eigenvalue weighted by molar-refractivity contribution is 7.07. The lowest BCUT2D eigenvalue weighted by Gasteiger charge is -2.24. The first kappa shape index (κ1) is 26.5. The molecule has 41 heavy (non-hydrogen) atoms. The smallest absolute Gasteiger partial charge is 0.338 e. The van der Waals surface area contributed by atoms with Crippen LogP contribution in [0.4, 0.5) is 5.69 Å². The number of carbonyl (C=O) groups is 1. The van der Waals surface area contributed by atoms with Gasteiger partial charge in [-0.3, -0.25) is 19.5 Å². The number of fused-ring (bicyclic) bond motifs is 2. The summed E-state index contributed by atoms with van der Waals surface area (Å²) in [5.41, 5.74) is 1.27. The maximum Gasteiger partial charge on any atom is 0.338 e. The number of furan rings is 1. The standard InChI is InChI=1S/C28H20ClN3O8S/c1-3-37-27(34)24-14(2)30-28-31(25(24)15-4-8-21-22(10-15)39-13-38-21)26(33)23(41-28)12-17-6-9-20(40-17)18-7-5-16(32(35)36)11-19(18)29/h4-12,25H,3,13H2,1-2H3/b23-12-/t25-/m0/s1. The second-order valence-electron chi connectivity index (χ2n) is 9.04. The number of ether oxygens (including phenoxy) is 3. The van der Waals surface area contributed by atoms with Crippen LogP contribution in [0.5, 0.6) is 11.5 Å². The molecule has 0 radical (unpaired) electrons. The summed E-state index contributed by atoms with van der Waals surface area (Å²) in [7, 11) is 0. The zero-order valence-electron chi connectivity index (χ0n) is 21.6. The van der Waals surface area contributed by atoms with Gasteiger partial charge in [-0.05, 0) is 49.7 Å². The van der Waals surface area contributed by atoms with E-state index in [0.29, 0.717) is 49.2 Å². The fraction of sp³-hybridized carbons (Fsp3) is 0.179. The summed E-state index contributed by atoms with van der Waals surface area (Å²) in [6.07, 6.45) is 1.58. The Bertz CT molecular complexity index is 1950. The molecule has 0 saturated heterocycles. The van der Waals surface area contributed by atoms with E-state index in [2.05, 4.69) is 4.99 Å². The molecule has 0 bridgehead atoms. The first-order valence-electron chi connectivity index (χ1n) is 12.4. The molecule has 2 aromatic carbocycles. The van der Waals surface area contributed by atoms with Gasteiger partial charge in [0.1, 0.15) is 11.5 Å². The maximum absolute atomic E-state index is 13.8. The Balaban J connectivity index is 1.45. The van der Waals surface area contributed by atoms with Gasteiger partial charge in [-0.25, -0.2) is 9.79 Å². The van der Waals surface area contributed by atoms with E-state index >= 15 is 0 Å². The van der Waals surface area contributed by atoms with Crippen LogP contribution in [0.3, 0.4) is 0 Å². The van der Waals surface area contributed by atoms with Crippen molar-refractivity contribution in [1.82, 2.24) is 4.57 Å². The van der Waals surface area contributed by atoms with Gasteiger partial charge in [-0.1, -0.05) is 29.0 Å². The quantitative estimate of drug-likeness (QED) is 0.183. The third-order valence-electron chi connectivity index (χ3n) is 6.56. The Morgan fingerprint density at radius 1 is 1.22 bits per heavy atom. The van der Waals surface area contributed by atoms with Crippen LogP contribution in [-0.4, -0.2) is 28.9 Å². The van der Waals surface area contributed by atoms with Crippen molar-refractivity contribution in [1.29, 1.82) is 0 Å². The van der Waals surface area contributed by atoms with Crippen LogP contribution in [0.2, 0.25) is 5.02 Å². The number of nitrogens with zero attached hydrogens (tertiary/aromatic N) is 3. The Morgan fingerprint density at radius 3 is 2.78 bits per heavy atom. The molecular weight excluding hydrogens is 574 g/mol. The molecule has 2 aliphatic rings. The van der Waals surface area contributed by atoms with E-state index < -0.39 is 16.9 Å². The van der Waals surface area contributed by atoms with Gasteiger partial charge in [0, 0.05) is 23.8 Å². The minimum absolute atomic E-state index is 0.0807. The maximum atomic E-state index is 13.8. The number of carbonyl (C=O) groups excluding carboxylic acids is 1. The molecule has 0 fully saturated rings. The topological polar surface area (TPSA) is 135 Å². The number of hydrogen-bond acceptors (Lipinski definition) is 10. The summed E-state index contributed by atoms with van der Waals surface area (Å²) < 4.78 is 24.0. The summed E-state index contributed by atoms with van der Waals surface area (Å²) in [5, 5.41) is 11.2. The molecule has 208 valence electrons. The number of aromatic nitrogens is 1. The van der Waals surface area contributed by atoms with Crippen LogP contribution in [0.1, 0.15) is 31.2 Å². The highest BCUT2D eigenvalue weighted by atomic mass is 35.5. The van der Waals surface area contributed by atoms with Gasteiger partial charge in [0.2, 0.25) is 6.79 Å². The van der Waals surface area contributed by atoms with Crippen molar-refractivity contribution < 1.29 is 28.3 Å². The number of nitro groups is 1. The lowest BCUT2D eigenvalue weighted by atomic mass is 9.95. The molecule has 0 unspecified atom stereocenters. The average Bonchev–Trinajstić information content (AvgIpc) is 3.67. The first-order valence-corrected chi connectivity index (χ1v) is 13.6. The molecule has 0 spiro atoms. The fourth-order valence-electron chi connectivity index (χ4n) is 4.71. The second kappa shape index (κ2) is 10.4. The van der Waals surface area contributed by atoms with E-state index in [0.717, 1.165) is 11.3 Å². The van der Waals surface area contributed by atoms with Crippen molar-refractivity contribution in [2.75, 3.05) is 13.4 Å². The third kappa shape index (κ3) is 4.70. The Morgan fingerprint density at radius 2 is 2.02 bits per heavy atom. The Labute approximate surface area is 240 Å². The van der Waals surface area contributed by atoms with Crippen LogP contribution in [0.15, 0.2) is 74.0 Å². The Hall–Kier alpha value is -4.68. The summed E-state index contributed by atoms with van der Waals surface area (Å²) in [6.45, 7) is 3.65. The molecular formula is C28H20ClN3O8S. The first-order chi connectivity index (χ1) is 19.7. The van der Waals surface area contributed by atoms with Gasteiger partial charge in [-0.2, -0.15) is 0 Å². The molecule has 4 heterocycles. The molecule has 6 rings (SSSR count). The lowest BCUT2D eigenvalue weighted by Crippen LogP contribution is -2.39. The van der Waals surface area contributed by atoms with Gasteiger partial charge >= 0.3 is 5.97 Å². The van der Waals surface area contributed by atoms with E-state index in [-0.39, 0.29) is 35.2 Å². The minimum atomic E-state index is -0.812. The predicted octanol–water partition coefficient (Wildman–Crippen LogP) is 4.35.